The second kappa shape index (κ2) is 11.3. The Balaban J connectivity index is 1.60. The number of hydrogen-bond donors (Lipinski definition) is 2. The number of ether oxygens (including phenoxy) is 2. The third kappa shape index (κ3) is 7.07. The van der Waals surface area contributed by atoms with Gasteiger partial charge >= 0.3 is 6.18 Å². The van der Waals surface area contributed by atoms with E-state index in [-0.39, 0.29) is 17.3 Å². The zero-order valence-electron chi connectivity index (χ0n) is 17.9. The van der Waals surface area contributed by atoms with Crippen molar-refractivity contribution < 1.29 is 32.2 Å². The summed E-state index contributed by atoms with van der Waals surface area (Å²) >= 11 is 1.29. The maximum atomic E-state index is 12.8. The van der Waals surface area contributed by atoms with Crippen molar-refractivity contribution in [2.24, 2.45) is 5.10 Å². The Morgan fingerprint density at radius 1 is 1.06 bits per heavy atom. The van der Waals surface area contributed by atoms with Gasteiger partial charge in [0, 0.05) is 5.69 Å². The Labute approximate surface area is 197 Å². The summed E-state index contributed by atoms with van der Waals surface area (Å²) in [5.41, 5.74) is 2.17. The van der Waals surface area contributed by atoms with E-state index in [0.29, 0.717) is 22.8 Å². The summed E-state index contributed by atoms with van der Waals surface area (Å²) < 4.78 is 49.5. The molecule has 0 spiro atoms. The molecule has 1 heterocycles. The summed E-state index contributed by atoms with van der Waals surface area (Å²) in [5.74, 6) is -0.365. The van der Waals surface area contributed by atoms with E-state index in [1.165, 1.54) is 29.7 Å². The van der Waals surface area contributed by atoms with Crippen LogP contribution in [0.15, 0.2) is 65.1 Å². The first-order chi connectivity index (χ1) is 16.3. The molecule has 2 N–H and O–H groups in total. The van der Waals surface area contributed by atoms with E-state index in [2.05, 4.69) is 15.8 Å². The Bertz CT molecular complexity index is 1160. The number of alkyl halides is 3. The quantitative estimate of drug-likeness (QED) is 0.328. The van der Waals surface area contributed by atoms with Crippen LogP contribution in [0.2, 0.25) is 0 Å². The van der Waals surface area contributed by atoms with Crippen molar-refractivity contribution in [3.8, 4) is 11.5 Å². The molecule has 0 bridgehead atoms. The van der Waals surface area contributed by atoms with Gasteiger partial charge in [-0.3, -0.25) is 9.59 Å². The largest absolute Gasteiger partial charge is 0.490 e. The van der Waals surface area contributed by atoms with Crippen LogP contribution in [-0.4, -0.2) is 31.2 Å². The number of rotatable bonds is 9. The van der Waals surface area contributed by atoms with Gasteiger partial charge in [-0.05, 0) is 60.3 Å². The second-order valence-electron chi connectivity index (χ2n) is 6.73. The number of benzene rings is 2. The molecular weight excluding hydrogens is 471 g/mol. The van der Waals surface area contributed by atoms with Crippen molar-refractivity contribution in [3.63, 3.8) is 0 Å². The maximum Gasteiger partial charge on any atom is 0.416 e. The molecule has 11 heteroatoms. The number of anilines is 1. The lowest BCUT2D eigenvalue weighted by Gasteiger charge is -2.13. The minimum atomic E-state index is -4.51. The number of nitrogens with one attached hydrogen (secondary N) is 2. The van der Waals surface area contributed by atoms with Crippen molar-refractivity contribution in [3.05, 3.63) is 76.0 Å². The zero-order valence-corrected chi connectivity index (χ0v) is 18.7. The molecule has 2 amide bonds. The average molecular weight is 491 g/mol. The van der Waals surface area contributed by atoms with Gasteiger partial charge in [0.2, 0.25) is 0 Å². The van der Waals surface area contributed by atoms with Crippen LogP contribution >= 0.6 is 11.3 Å². The molecule has 1 aromatic heterocycles. The van der Waals surface area contributed by atoms with Gasteiger partial charge in [0.05, 0.1) is 23.3 Å². The van der Waals surface area contributed by atoms with Crippen molar-refractivity contribution in [1.29, 1.82) is 0 Å². The van der Waals surface area contributed by atoms with Crippen molar-refractivity contribution in [2.45, 2.75) is 13.1 Å². The number of hydrazone groups is 1. The van der Waals surface area contributed by atoms with Crippen molar-refractivity contribution in [1.82, 2.24) is 5.43 Å². The van der Waals surface area contributed by atoms with Crippen LogP contribution in [0.3, 0.4) is 0 Å². The van der Waals surface area contributed by atoms with Crippen molar-refractivity contribution in [2.75, 3.05) is 18.5 Å². The molecular formula is C23H20F3N3O4S. The zero-order chi connectivity index (χ0) is 24.6. The van der Waals surface area contributed by atoms with Gasteiger partial charge in [0.15, 0.2) is 18.1 Å². The molecule has 0 aliphatic carbocycles. The van der Waals surface area contributed by atoms with Gasteiger partial charge in [0.1, 0.15) is 0 Å². The van der Waals surface area contributed by atoms with E-state index < -0.39 is 24.3 Å². The number of hydrogen-bond acceptors (Lipinski definition) is 6. The third-order valence-electron chi connectivity index (χ3n) is 4.22. The molecule has 7 nitrogen and oxygen atoms in total. The fourth-order valence-corrected chi connectivity index (χ4v) is 3.35. The number of carbonyl (C=O) groups is 2. The Morgan fingerprint density at radius 3 is 2.59 bits per heavy atom. The molecule has 0 radical (unpaired) electrons. The first-order valence-corrected chi connectivity index (χ1v) is 10.9. The summed E-state index contributed by atoms with van der Waals surface area (Å²) in [7, 11) is 0. The molecule has 0 fully saturated rings. The van der Waals surface area contributed by atoms with Gasteiger partial charge in [0.25, 0.3) is 11.8 Å². The monoisotopic (exact) mass is 491 g/mol. The molecule has 3 rings (SSSR count). The molecule has 0 saturated heterocycles. The molecule has 0 unspecified atom stereocenters. The Hall–Kier alpha value is -3.86. The number of amides is 2. The first-order valence-electron chi connectivity index (χ1n) is 10.00. The third-order valence-corrected chi connectivity index (χ3v) is 5.09. The molecule has 178 valence electrons. The van der Waals surface area contributed by atoms with E-state index in [1.54, 1.807) is 42.6 Å². The predicted octanol–water partition coefficient (Wildman–Crippen LogP) is 4.95. The van der Waals surface area contributed by atoms with E-state index in [9.17, 15) is 22.8 Å². The Morgan fingerprint density at radius 2 is 1.88 bits per heavy atom. The highest BCUT2D eigenvalue weighted by atomic mass is 32.1. The highest BCUT2D eigenvalue weighted by Crippen LogP contribution is 2.31. The van der Waals surface area contributed by atoms with Crippen LogP contribution < -0.4 is 20.2 Å². The topological polar surface area (TPSA) is 89.0 Å². The predicted molar refractivity (Wildman–Crippen MR) is 123 cm³/mol. The van der Waals surface area contributed by atoms with Crippen LogP contribution in [0.1, 0.15) is 27.7 Å². The molecule has 2 aromatic carbocycles. The second-order valence-corrected chi connectivity index (χ2v) is 7.68. The smallest absolute Gasteiger partial charge is 0.416 e. The van der Waals surface area contributed by atoms with Crippen LogP contribution in [-0.2, 0) is 11.0 Å². The lowest BCUT2D eigenvalue weighted by molar-refractivity contribution is -0.137. The highest BCUT2D eigenvalue weighted by molar-refractivity contribution is 7.12. The fraction of sp³-hybridized carbons (Fsp3) is 0.174. The lowest BCUT2D eigenvalue weighted by Crippen LogP contribution is -2.20. The van der Waals surface area contributed by atoms with E-state index in [0.717, 1.165) is 12.1 Å². The summed E-state index contributed by atoms with van der Waals surface area (Å²) in [6.45, 7) is 1.65. The fourth-order valence-electron chi connectivity index (χ4n) is 2.73. The van der Waals surface area contributed by atoms with Crippen LogP contribution in [0, 0.1) is 0 Å². The minimum absolute atomic E-state index is 0.00427. The standard InChI is InChI=1S/C23H20F3N3O4S/c1-2-32-19-11-15(13-27-29-22(31)20-7-4-10-34-20)8-9-18(19)33-14-21(30)28-17-6-3-5-16(12-17)23(24,25)26/h3-13H,2,14H2,1H3,(H,28,30)(H,29,31)/b27-13+. The molecule has 0 aliphatic heterocycles. The van der Waals surface area contributed by atoms with Gasteiger partial charge in [-0.15, -0.1) is 11.3 Å². The van der Waals surface area contributed by atoms with E-state index in [1.807, 2.05) is 0 Å². The van der Waals surface area contributed by atoms with Gasteiger partial charge in [-0.2, -0.15) is 18.3 Å². The number of thiophene rings is 1. The van der Waals surface area contributed by atoms with E-state index in [4.69, 9.17) is 9.47 Å². The lowest BCUT2D eigenvalue weighted by atomic mass is 10.2. The highest BCUT2D eigenvalue weighted by Gasteiger charge is 2.30. The molecule has 0 aliphatic rings. The van der Waals surface area contributed by atoms with E-state index >= 15 is 0 Å². The number of carbonyl (C=O) groups excluding carboxylic acids is 2. The summed E-state index contributed by atoms with van der Waals surface area (Å²) in [5, 5.41) is 8.07. The van der Waals surface area contributed by atoms with Gasteiger partial charge < -0.3 is 14.8 Å². The summed E-state index contributed by atoms with van der Waals surface area (Å²) in [6, 6.07) is 12.6. The molecule has 0 saturated carbocycles. The van der Waals surface area contributed by atoms with Gasteiger partial charge in [-0.25, -0.2) is 5.43 Å². The number of nitrogens with zero attached hydrogens (tertiary/aromatic N) is 1. The maximum absolute atomic E-state index is 12.8. The average Bonchev–Trinajstić information content (AvgIpc) is 3.33. The van der Waals surface area contributed by atoms with Crippen molar-refractivity contribution >= 4 is 35.1 Å². The molecule has 34 heavy (non-hydrogen) atoms. The molecule has 3 aromatic rings. The summed E-state index contributed by atoms with van der Waals surface area (Å²) in [4.78, 5) is 24.6. The minimum Gasteiger partial charge on any atom is -0.490 e. The van der Waals surface area contributed by atoms with Crippen LogP contribution in [0.5, 0.6) is 11.5 Å². The number of halogens is 3. The SMILES string of the molecule is CCOc1cc(/C=N/NC(=O)c2cccs2)ccc1OCC(=O)Nc1cccc(C(F)(F)F)c1. The molecule has 0 atom stereocenters. The Kier molecular flexibility index (Phi) is 8.25. The van der Waals surface area contributed by atoms with Gasteiger partial charge in [-0.1, -0.05) is 12.1 Å². The normalized spacial score (nSPS) is 11.3. The van der Waals surface area contributed by atoms with Crippen LogP contribution in [0.4, 0.5) is 18.9 Å². The first kappa shape index (κ1) is 24.8. The summed E-state index contributed by atoms with van der Waals surface area (Å²) in [6.07, 6.45) is -3.08. The van der Waals surface area contributed by atoms with Crippen LogP contribution in [0.25, 0.3) is 0 Å².